The van der Waals surface area contributed by atoms with E-state index in [0.29, 0.717) is 12.5 Å². The lowest BCUT2D eigenvalue weighted by Crippen LogP contribution is -2.03. The van der Waals surface area contributed by atoms with E-state index >= 15 is 0 Å². The zero-order chi connectivity index (χ0) is 5.70. The summed E-state index contributed by atoms with van der Waals surface area (Å²) in [5, 5.41) is 0. The van der Waals surface area contributed by atoms with Crippen LogP contribution in [0, 0.1) is 5.92 Å². The lowest BCUT2D eigenvalue weighted by atomic mass is 10.1. The van der Waals surface area contributed by atoms with Crippen LogP contribution in [0.5, 0.6) is 0 Å². The summed E-state index contributed by atoms with van der Waals surface area (Å²) in [5.41, 5.74) is 0. The first-order chi connectivity index (χ1) is 3.27. The molecule has 0 atom stereocenters. The highest BCUT2D eigenvalue weighted by Gasteiger charge is 1.89. The maximum absolute atomic E-state index is 4.78. The summed E-state index contributed by atoms with van der Waals surface area (Å²) in [5.74, 6) is 5.47. The van der Waals surface area contributed by atoms with Crippen LogP contribution in [-0.4, -0.2) is 12.1 Å². The number of hydrogen-bond donors (Lipinski definition) is 1. The van der Waals surface area contributed by atoms with Gasteiger partial charge < -0.3 is 10.3 Å². The van der Waals surface area contributed by atoms with Gasteiger partial charge in [0, 0.05) is 0 Å². The first-order valence-electron chi connectivity index (χ1n) is 2.59. The van der Waals surface area contributed by atoms with Crippen LogP contribution in [0.25, 0.3) is 0 Å². The largest absolute Gasteiger partial charge is 0.412 e. The van der Waals surface area contributed by atoms with Crippen LogP contribution in [-0.2, 0) is 4.84 Å². The molecule has 0 unspecified atom stereocenters. The third kappa shape index (κ3) is 9.30. The van der Waals surface area contributed by atoms with Crippen molar-refractivity contribution in [2.45, 2.75) is 20.3 Å². The Hall–Kier alpha value is -0.120. The van der Waals surface area contributed by atoms with Crippen LogP contribution in [0.3, 0.4) is 0 Å². The Kier molecular flexibility index (Phi) is 9.28. The predicted molar refractivity (Wildman–Crippen MR) is 33.2 cm³/mol. The molecule has 0 aliphatic rings. The molecule has 0 fully saturated rings. The molecule has 3 nitrogen and oxygen atoms in total. The fraction of sp³-hybridized carbons (Fsp3) is 1.00. The van der Waals surface area contributed by atoms with Crippen LogP contribution in [0.4, 0.5) is 0 Å². The molecule has 0 aromatic heterocycles. The molecule has 0 aromatic rings. The quantitative estimate of drug-likeness (QED) is 0.538. The van der Waals surface area contributed by atoms with Gasteiger partial charge in [0.15, 0.2) is 0 Å². The molecule has 52 valence electrons. The fourth-order valence-electron chi connectivity index (χ4n) is 0.304. The number of rotatable bonds is 3. The first-order valence-corrected chi connectivity index (χ1v) is 2.59. The Morgan fingerprint density at radius 3 is 2.12 bits per heavy atom. The lowest BCUT2D eigenvalue weighted by Gasteiger charge is -1.99. The van der Waals surface area contributed by atoms with Gasteiger partial charge in [0.1, 0.15) is 0 Å². The maximum Gasteiger partial charge on any atom is 0.0681 e. The SMILES string of the molecule is CC(C)CCON.O. The van der Waals surface area contributed by atoms with Crippen molar-refractivity contribution < 1.29 is 10.3 Å². The first kappa shape index (κ1) is 10.8. The molecule has 8 heavy (non-hydrogen) atoms. The highest BCUT2D eigenvalue weighted by atomic mass is 16.6. The van der Waals surface area contributed by atoms with Crippen molar-refractivity contribution in [3.8, 4) is 0 Å². The van der Waals surface area contributed by atoms with E-state index in [0.717, 1.165) is 6.42 Å². The molecule has 0 spiro atoms. The summed E-state index contributed by atoms with van der Waals surface area (Å²) in [6.45, 7) is 4.95. The average Bonchev–Trinajstić information content (AvgIpc) is 1.61. The van der Waals surface area contributed by atoms with Crippen LogP contribution >= 0.6 is 0 Å². The van der Waals surface area contributed by atoms with E-state index < -0.39 is 0 Å². The summed E-state index contributed by atoms with van der Waals surface area (Å²) < 4.78 is 0. The van der Waals surface area contributed by atoms with Gasteiger partial charge in [-0.05, 0) is 12.3 Å². The number of nitrogens with two attached hydrogens (primary N) is 1. The third-order valence-corrected chi connectivity index (χ3v) is 0.813. The van der Waals surface area contributed by atoms with Crippen molar-refractivity contribution in [2.24, 2.45) is 11.8 Å². The Bertz CT molecular complexity index is 39.4. The molecule has 3 heteroatoms. The van der Waals surface area contributed by atoms with E-state index in [-0.39, 0.29) is 5.48 Å². The van der Waals surface area contributed by atoms with Gasteiger partial charge in [0.2, 0.25) is 0 Å². The van der Waals surface area contributed by atoms with Crippen molar-refractivity contribution in [2.75, 3.05) is 6.61 Å². The third-order valence-electron chi connectivity index (χ3n) is 0.813. The summed E-state index contributed by atoms with van der Waals surface area (Å²) in [7, 11) is 0. The summed E-state index contributed by atoms with van der Waals surface area (Å²) in [6, 6.07) is 0. The van der Waals surface area contributed by atoms with Gasteiger partial charge in [-0.3, -0.25) is 0 Å². The smallest absolute Gasteiger partial charge is 0.0681 e. The van der Waals surface area contributed by atoms with Gasteiger partial charge in [-0.15, -0.1) is 0 Å². The van der Waals surface area contributed by atoms with Gasteiger partial charge in [-0.25, -0.2) is 5.90 Å². The summed E-state index contributed by atoms with van der Waals surface area (Å²) in [6.07, 6.45) is 1.05. The van der Waals surface area contributed by atoms with Gasteiger partial charge in [-0.1, -0.05) is 13.8 Å². The van der Waals surface area contributed by atoms with Crippen molar-refractivity contribution in [3.05, 3.63) is 0 Å². The normalized spacial score (nSPS) is 9.00. The topological polar surface area (TPSA) is 66.8 Å². The second kappa shape index (κ2) is 6.88. The second-order valence-corrected chi connectivity index (χ2v) is 2.05. The van der Waals surface area contributed by atoms with Crippen molar-refractivity contribution in [1.82, 2.24) is 0 Å². The molecule has 0 rings (SSSR count). The van der Waals surface area contributed by atoms with E-state index in [1.54, 1.807) is 0 Å². The molecule has 0 amide bonds. The van der Waals surface area contributed by atoms with E-state index in [1.807, 2.05) is 0 Å². The molecule has 0 heterocycles. The zero-order valence-electron chi connectivity index (χ0n) is 5.48. The molecule has 0 aliphatic heterocycles. The molecular formula is C5H15NO2. The predicted octanol–water partition coefficient (Wildman–Crippen LogP) is 0.0981. The average molecular weight is 121 g/mol. The Morgan fingerprint density at radius 1 is 1.50 bits per heavy atom. The van der Waals surface area contributed by atoms with Gasteiger partial charge in [0.05, 0.1) is 6.61 Å². The highest BCUT2D eigenvalue weighted by molar-refractivity contribution is 4.39. The molecule has 0 saturated carbocycles. The molecule has 0 saturated heterocycles. The maximum atomic E-state index is 4.78. The van der Waals surface area contributed by atoms with Crippen molar-refractivity contribution in [1.29, 1.82) is 0 Å². The minimum absolute atomic E-state index is 0. The monoisotopic (exact) mass is 121 g/mol. The van der Waals surface area contributed by atoms with Crippen molar-refractivity contribution in [3.63, 3.8) is 0 Å². The van der Waals surface area contributed by atoms with Gasteiger partial charge >= 0.3 is 0 Å². The number of hydrogen-bond acceptors (Lipinski definition) is 2. The van der Waals surface area contributed by atoms with Crippen LogP contribution < -0.4 is 5.90 Å². The van der Waals surface area contributed by atoms with Crippen LogP contribution in [0.1, 0.15) is 20.3 Å². The molecule has 0 aliphatic carbocycles. The molecular weight excluding hydrogens is 106 g/mol. The Labute approximate surface area is 50.1 Å². The van der Waals surface area contributed by atoms with E-state index in [1.165, 1.54) is 0 Å². The van der Waals surface area contributed by atoms with E-state index in [9.17, 15) is 0 Å². The molecule has 4 N–H and O–H groups in total. The lowest BCUT2D eigenvalue weighted by molar-refractivity contribution is 0.126. The Balaban J connectivity index is 0. The van der Waals surface area contributed by atoms with E-state index in [2.05, 4.69) is 18.7 Å². The van der Waals surface area contributed by atoms with E-state index in [4.69, 9.17) is 5.90 Å². The van der Waals surface area contributed by atoms with Crippen LogP contribution in [0.15, 0.2) is 0 Å². The second-order valence-electron chi connectivity index (χ2n) is 2.05. The summed E-state index contributed by atoms with van der Waals surface area (Å²) >= 11 is 0. The standard InChI is InChI=1S/C5H13NO.H2O/c1-5(2)3-4-7-6;/h5H,3-4,6H2,1-2H3;1H2. The molecule has 0 bridgehead atoms. The van der Waals surface area contributed by atoms with Crippen molar-refractivity contribution >= 4 is 0 Å². The van der Waals surface area contributed by atoms with Gasteiger partial charge in [0.25, 0.3) is 0 Å². The minimum atomic E-state index is 0. The fourth-order valence-corrected chi connectivity index (χ4v) is 0.304. The van der Waals surface area contributed by atoms with Gasteiger partial charge in [-0.2, -0.15) is 0 Å². The Morgan fingerprint density at radius 2 is 2.00 bits per heavy atom. The molecule has 0 radical (unpaired) electrons. The minimum Gasteiger partial charge on any atom is -0.412 e. The summed E-state index contributed by atoms with van der Waals surface area (Å²) in [4.78, 5) is 4.35. The molecule has 0 aromatic carbocycles. The highest BCUT2D eigenvalue weighted by Crippen LogP contribution is 1.96. The zero-order valence-corrected chi connectivity index (χ0v) is 5.48. The van der Waals surface area contributed by atoms with Crippen LogP contribution in [0.2, 0.25) is 0 Å².